The molecule has 4 nitrogen and oxygen atoms in total. The van der Waals surface area contributed by atoms with E-state index in [1.807, 2.05) is 37.4 Å². The minimum absolute atomic E-state index is 0.334. The van der Waals surface area contributed by atoms with E-state index in [0.29, 0.717) is 12.2 Å². The molecule has 0 aliphatic rings. The lowest BCUT2D eigenvalue weighted by molar-refractivity contribution is 0.195. The number of anilines is 1. The number of benzene rings is 1. The molecule has 17 heavy (non-hydrogen) atoms. The van der Waals surface area contributed by atoms with Crippen molar-refractivity contribution in [1.82, 2.24) is 9.78 Å². The topological polar surface area (TPSA) is 64.1 Å². The molecule has 0 bridgehead atoms. The van der Waals surface area contributed by atoms with Gasteiger partial charge in [-0.2, -0.15) is 5.10 Å². The average molecular weight is 231 g/mol. The van der Waals surface area contributed by atoms with Crippen LogP contribution in [-0.4, -0.2) is 21.0 Å². The maximum Gasteiger partial charge on any atom is 0.121 e. The zero-order chi connectivity index (χ0) is 12.4. The summed E-state index contributed by atoms with van der Waals surface area (Å²) in [6, 6.07) is 9.85. The second-order valence-electron chi connectivity index (χ2n) is 4.33. The number of hydrogen-bond acceptors (Lipinski definition) is 3. The minimum Gasteiger partial charge on any atom is -0.393 e. The van der Waals surface area contributed by atoms with Gasteiger partial charge in [0.25, 0.3) is 0 Å². The molecule has 3 N–H and O–H groups in total. The highest BCUT2D eigenvalue weighted by Gasteiger charge is 2.06. The Balaban J connectivity index is 2.32. The van der Waals surface area contributed by atoms with E-state index in [9.17, 15) is 5.11 Å². The molecule has 2 aromatic rings. The first kappa shape index (κ1) is 11.7. The Kier molecular flexibility index (Phi) is 3.15. The fourth-order valence-electron chi connectivity index (χ4n) is 1.82. The molecule has 0 aliphatic heterocycles. The highest BCUT2D eigenvalue weighted by molar-refractivity contribution is 5.63. The molecule has 0 amide bonds. The maximum atomic E-state index is 9.38. The monoisotopic (exact) mass is 231 g/mol. The predicted octanol–water partition coefficient (Wildman–Crippen LogP) is 1.59. The summed E-state index contributed by atoms with van der Waals surface area (Å²) in [6.07, 6.45) is 0.315. The van der Waals surface area contributed by atoms with Gasteiger partial charge < -0.3 is 10.8 Å². The molecular weight excluding hydrogens is 214 g/mol. The van der Waals surface area contributed by atoms with Crippen molar-refractivity contribution in [3.63, 3.8) is 0 Å². The van der Waals surface area contributed by atoms with Crippen molar-refractivity contribution < 1.29 is 5.11 Å². The summed E-state index contributed by atoms with van der Waals surface area (Å²) in [4.78, 5) is 0. The van der Waals surface area contributed by atoms with Gasteiger partial charge in [-0.25, -0.2) is 0 Å². The Morgan fingerprint density at radius 2 is 2.18 bits per heavy atom. The molecule has 90 valence electrons. The summed E-state index contributed by atoms with van der Waals surface area (Å²) in [6.45, 7) is 1.78. The first-order chi connectivity index (χ1) is 8.06. The van der Waals surface area contributed by atoms with Gasteiger partial charge in [0.15, 0.2) is 0 Å². The molecule has 1 aromatic carbocycles. The van der Waals surface area contributed by atoms with Crippen LogP contribution in [0.5, 0.6) is 0 Å². The lowest BCUT2D eigenvalue weighted by atomic mass is 10.0. The molecule has 0 spiro atoms. The first-order valence-corrected chi connectivity index (χ1v) is 5.63. The van der Waals surface area contributed by atoms with E-state index >= 15 is 0 Å². The van der Waals surface area contributed by atoms with Gasteiger partial charge in [-0.1, -0.05) is 18.2 Å². The van der Waals surface area contributed by atoms with E-state index in [0.717, 1.165) is 16.8 Å². The molecule has 1 atom stereocenters. The van der Waals surface area contributed by atoms with Gasteiger partial charge in [0.1, 0.15) is 5.82 Å². The van der Waals surface area contributed by atoms with E-state index < -0.39 is 0 Å². The van der Waals surface area contributed by atoms with E-state index in [2.05, 4.69) is 5.10 Å². The number of aromatic nitrogens is 2. The van der Waals surface area contributed by atoms with Crippen molar-refractivity contribution in [3.8, 4) is 11.3 Å². The van der Waals surface area contributed by atoms with Gasteiger partial charge in [-0.05, 0) is 25.0 Å². The zero-order valence-corrected chi connectivity index (χ0v) is 10.1. The molecule has 0 saturated heterocycles. The van der Waals surface area contributed by atoms with Crippen LogP contribution in [0, 0.1) is 0 Å². The van der Waals surface area contributed by atoms with E-state index in [1.165, 1.54) is 0 Å². The zero-order valence-electron chi connectivity index (χ0n) is 10.1. The second kappa shape index (κ2) is 4.59. The Bertz CT molecular complexity index is 498. The number of hydrogen-bond donors (Lipinski definition) is 2. The summed E-state index contributed by atoms with van der Waals surface area (Å²) in [5, 5.41) is 13.7. The highest BCUT2D eigenvalue weighted by atomic mass is 16.3. The van der Waals surface area contributed by atoms with Crippen molar-refractivity contribution in [1.29, 1.82) is 0 Å². The SMILES string of the molecule is CC(O)Cc1cccc(-c2cc(N)n(C)n2)c1. The molecule has 0 saturated carbocycles. The number of aliphatic hydroxyl groups excluding tert-OH is 1. The van der Waals surface area contributed by atoms with Crippen LogP contribution in [-0.2, 0) is 13.5 Å². The van der Waals surface area contributed by atoms with Gasteiger partial charge in [-0.3, -0.25) is 4.68 Å². The van der Waals surface area contributed by atoms with Gasteiger partial charge in [0.2, 0.25) is 0 Å². The molecule has 0 fully saturated rings. The standard InChI is InChI=1S/C13H17N3O/c1-9(17)6-10-4-3-5-11(7-10)12-8-13(14)16(2)15-12/h3-5,7-9,17H,6,14H2,1-2H3. The molecule has 0 aliphatic carbocycles. The van der Waals surface area contributed by atoms with E-state index in [4.69, 9.17) is 5.73 Å². The molecule has 0 radical (unpaired) electrons. The largest absolute Gasteiger partial charge is 0.393 e. The van der Waals surface area contributed by atoms with Crippen molar-refractivity contribution in [2.45, 2.75) is 19.4 Å². The third-order valence-electron chi connectivity index (χ3n) is 2.67. The number of nitrogens with zero attached hydrogens (tertiary/aromatic N) is 2. The summed E-state index contributed by atoms with van der Waals surface area (Å²) >= 11 is 0. The Morgan fingerprint density at radius 3 is 2.76 bits per heavy atom. The van der Waals surface area contributed by atoms with Crippen LogP contribution in [0.3, 0.4) is 0 Å². The van der Waals surface area contributed by atoms with Crippen LogP contribution in [0.1, 0.15) is 12.5 Å². The fraction of sp³-hybridized carbons (Fsp3) is 0.308. The van der Waals surface area contributed by atoms with Gasteiger partial charge >= 0.3 is 0 Å². The average Bonchev–Trinajstić information content (AvgIpc) is 2.59. The van der Waals surface area contributed by atoms with Crippen LogP contribution in [0.2, 0.25) is 0 Å². The van der Waals surface area contributed by atoms with Crippen LogP contribution < -0.4 is 5.73 Å². The van der Waals surface area contributed by atoms with Crippen molar-refractivity contribution in [3.05, 3.63) is 35.9 Å². The van der Waals surface area contributed by atoms with Gasteiger partial charge in [0, 0.05) is 18.7 Å². The Labute approximate surface area is 101 Å². The van der Waals surface area contributed by atoms with Crippen LogP contribution in [0.15, 0.2) is 30.3 Å². The molecular formula is C13H17N3O. The fourth-order valence-corrected chi connectivity index (χ4v) is 1.82. The normalized spacial score (nSPS) is 12.6. The maximum absolute atomic E-state index is 9.38. The molecule has 4 heteroatoms. The van der Waals surface area contributed by atoms with Crippen molar-refractivity contribution in [2.24, 2.45) is 7.05 Å². The smallest absolute Gasteiger partial charge is 0.121 e. The van der Waals surface area contributed by atoms with Gasteiger partial charge in [-0.15, -0.1) is 0 Å². The third-order valence-corrected chi connectivity index (χ3v) is 2.67. The predicted molar refractivity (Wildman–Crippen MR) is 68.4 cm³/mol. The second-order valence-corrected chi connectivity index (χ2v) is 4.33. The Hall–Kier alpha value is -1.81. The lowest BCUT2D eigenvalue weighted by Gasteiger charge is -2.05. The number of rotatable bonds is 3. The molecule has 2 rings (SSSR count). The lowest BCUT2D eigenvalue weighted by Crippen LogP contribution is -2.03. The summed E-state index contributed by atoms with van der Waals surface area (Å²) in [7, 11) is 1.82. The number of aliphatic hydroxyl groups is 1. The number of nitrogens with two attached hydrogens (primary N) is 1. The van der Waals surface area contributed by atoms with Crippen LogP contribution >= 0.6 is 0 Å². The summed E-state index contributed by atoms with van der Waals surface area (Å²) in [5.41, 5.74) is 8.74. The van der Waals surface area contributed by atoms with E-state index in [1.54, 1.807) is 11.6 Å². The molecule has 1 heterocycles. The minimum atomic E-state index is -0.334. The van der Waals surface area contributed by atoms with E-state index in [-0.39, 0.29) is 6.10 Å². The summed E-state index contributed by atoms with van der Waals surface area (Å²) in [5.74, 6) is 0.640. The van der Waals surface area contributed by atoms with Crippen molar-refractivity contribution in [2.75, 3.05) is 5.73 Å². The van der Waals surface area contributed by atoms with Gasteiger partial charge in [0.05, 0.1) is 11.8 Å². The van der Waals surface area contributed by atoms with Crippen LogP contribution in [0.25, 0.3) is 11.3 Å². The quantitative estimate of drug-likeness (QED) is 0.843. The number of nitrogen functional groups attached to an aromatic ring is 1. The van der Waals surface area contributed by atoms with Crippen molar-refractivity contribution >= 4 is 5.82 Å². The first-order valence-electron chi connectivity index (χ1n) is 5.63. The number of aryl methyl sites for hydroxylation is 1. The summed E-state index contributed by atoms with van der Waals surface area (Å²) < 4.78 is 1.65. The molecule has 1 aromatic heterocycles. The van der Waals surface area contributed by atoms with Crippen LogP contribution in [0.4, 0.5) is 5.82 Å². The highest BCUT2D eigenvalue weighted by Crippen LogP contribution is 2.21. The Morgan fingerprint density at radius 1 is 1.41 bits per heavy atom. The third kappa shape index (κ3) is 2.65. The molecule has 1 unspecified atom stereocenters.